The molecule has 1 aromatic carbocycles. The minimum Gasteiger partial charge on any atom is -0.334 e. The van der Waals surface area contributed by atoms with Crippen molar-refractivity contribution in [3.05, 3.63) is 63.3 Å². The molecule has 21 heavy (non-hydrogen) atoms. The molecule has 4 nitrogen and oxygen atoms in total. The van der Waals surface area contributed by atoms with E-state index in [1.807, 2.05) is 30.3 Å². The van der Waals surface area contributed by atoms with Crippen molar-refractivity contribution in [2.24, 2.45) is 0 Å². The van der Waals surface area contributed by atoms with E-state index < -0.39 is 0 Å². The third kappa shape index (κ3) is 4.72. The molecule has 110 valence electrons. The number of nitrogens with one attached hydrogen (secondary N) is 1. The van der Waals surface area contributed by atoms with E-state index in [1.54, 1.807) is 24.3 Å². The lowest BCUT2D eigenvalue weighted by Crippen LogP contribution is -2.36. The van der Waals surface area contributed by atoms with Gasteiger partial charge in [-0.05, 0) is 35.4 Å². The average Bonchev–Trinajstić information content (AvgIpc) is 2.47. The summed E-state index contributed by atoms with van der Waals surface area (Å²) in [6.07, 6.45) is 3.42. The Labute approximate surface area is 137 Å². The second-order valence-electron chi connectivity index (χ2n) is 4.61. The summed E-state index contributed by atoms with van der Waals surface area (Å²) in [6, 6.07) is 9.21. The van der Waals surface area contributed by atoms with Crippen LogP contribution in [0.2, 0.25) is 5.02 Å². The molecule has 0 aliphatic heterocycles. The number of carbonyl (C=O) groups is 1. The maximum absolute atomic E-state index is 12.0. The van der Waals surface area contributed by atoms with Gasteiger partial charge in [-0.3, -0.25) is 4.98 Å². The molecular formula is C15H15BrClN3O. The first kappa shape index (κ1) is 15.8. The highest BCUT2D eigenvalue weighted by atomic mass is 79.9. The summed E-state index contributed by atoms with van der Waals surface area (Å²) in [5.41, 5.74) is 1.91. The molecule has 0 spiro atoms. The number of aromatic nitrogens is 1. The molecule has 0 fully saturated rings. The second-order valence-corrected chi connectivity index (χ2v) is 5.93. The van der Waals surface area contributed by atoms with Crippen molar-refractivity contribution in [3.63, 3.8) is 0 Å². The van der Waals surface area contributed by atoms with Crippen LogP contribution >= 0.6 is 27.5 Å². The lowest BCUT2D eigenvalue weighted by molar-refractivity contribution is 0.206. The first-order valence-electron chi connectivity index (χ1n) is 6.38. The van der Waals surface area contributed by atoms with Crippen LogP contribution in [0.4, 0.5) is 4.79 Å². The molecule has 0 aliphatic rings. The van der Waals surface area contributed by atoms with Crippen LogP contribution in [0.5, 0.6) is 0 Å². The minimum atomic E-state index is -0.147. The van der Waals surface area contributed by atoms with Gasteiger partial charge >= 0.3 is 6.03 Å². The van der Waals surface area contributed by atoms with E-state index in [0.717, 1.165) is 15.6 Å². The van der Waals surface area contributed by atoms with E-state index in [1.165, 1.54) is 0 Å². The summed E-state index contributed by atoms with van der Waals surface area (Å²) in [5, 5.41) is 3.48. The van der Waals surface area contributed by atoms with Gasteiger partial charge in [0.2, 0.25) is 0 Å². The summed E-state index contributed by atoms with van der Waals surface area (Å²) in [6.45, 7) is 0.925. The van der Waals surface area contributed by atoms with Crippen LogP contribution < -0.4 is 5.32 Å². The molecule has 6 heteroatoms. The van der Waals surface area contributed by atoms with Crippen molar-refractivity contribution in [1.29, 1.82) is 0 Å². The third-order valence-corrected chi connectivity index (χ3v) is 3.81. The molecule has 1 N–H and O–H groups in total. The zero-order valence-electron chi connectivity index (χ0n) is 11.5. The molecule has 2 rings (SSSR count). The van der Waals surface area contributed by atoms with E-state index in [-0.39, 0.29) is 6.03 Å². The fraction of sp³-hybridized carbons (Fsp3) is 0.200. The minimum absolute atomic E-state index is 0.147. The Kier molecular flexibility index (Phi) is 5.59. The standard InChI is InChI=1S/C15H15BrClN3O/c1-20(10-11-4-6-18-7-5-11)15(21)19-9-12-2-3-13(16)8-14(12)17/h2-8H,9-10H2,1H3,(H,19,21). The van der Waals surface area contributed by atoms with Gasteiger partial charge in [-0.25, -0.2) is 4.79 Å². The maximum Gasteiger partial charge on any atom is 0.317 e. The van der Waals surface area contributed by atoms with E-state index in [0.29, 0.717) is 18.1 Å². The van der Waals surface area contributed by atoms with Crippen molar-refractivity contribution >= 4 is 33.6 Å². The number of benzene rings is 1. The van der Waals surface area contributed by atoms with E-state index in [4.69, 9.17) is 11.6 Å². The van der Waals surface area contributed by atoms with Crippen LogP contribution in [0.3, 0.4) is 0 Å². The predicted octanol–water partition coefficient (Wildman–Crippen LogP) is 3.84. The molecule has 0 radical (unpaired) electrons. The van der Waals surface area contributed by atoms with Crippen LogP contribution in [-0.2, 0) is 13.1 Å². The van der Waals surface area contributed by atoms with Crippen LogP contribution in [0.15, 0.2) is 47.2 Å². The molecule has 2 amide bonds. The second kappa shape index (κ2) is 7.43. The molecule has 0 unspecified atom stereocenters. The largest absolute Gasteiger partial charge is 0.334 e. The van der Waals surface area contributed by atoms with Crippen LogP contribution in [0, 0.1) is 0 Å². The fourth-order valence-corrected chi connectivity index (χ4v) is 2.54. The summed E-state index contributed by atoms with van der Waals surface area (Å²) in [4.78, 5) is 17.6. The van der Waals surface area contributed by atoms with Gasteiger partial charge < -0.3 is 10.2 Å². The highest BCUT2D eigenvalue weighted by Gasteiger charge is 2.09. The van der Waals surface area contributed by atoms with Gasteiger partial charge in [-0.1, -0.05) is 33.6 Å². The number of carbonyl (C=O) groups excluding carboxylic acids is 1. The number of urea groups is 1. The number of nitrogens with zero attached hydrogens (tertiary/aromatic N) is 2. The van der Waals surface area contributed by atoms with Crippen molar-refractivity contribution < 1.29 is 4.79 Å². The Morgan fingerprint density at radius 1 is 1.33 bits per heavy atom. The lowest BCUT2D eigenvalue weighted by atomic mass is 10.2. The van der Waals surface area contributed by atoms with Crippen molar-refractivity contribution in [1.82, 2.24) is 15.2 Å². The van der Waals surface area contributed by atoms with E-state index >= 15 is 0 Å². The Balaban J connectivity index is 1.89. The molecule has 0 aliphatic carbocycles. The number of pyridine rings is 1. The maximum atomic E-state index is 12.0. The Bertz CT molecular complexity index is 622. The number of hydrogen-bond acceptors (Lipinski definition) is 2. The molecule has 0 saturated heterocycles. The van der Waals surface area contributed by atoms with Gasteiger partial charge in [-0.15, -0.1) is 0 Å². The van der Waals surface area contributed by atoms with Crippen LogP contribution in [-0.4, -0.2) is 23.0 Å². The topological polar surface area (TPSA) is 45.2 Å². The summed E-state index contributed by atoms with van der Waals surface area (Å²) < 4.78 is 0.914. The molecule has 0 atom stereocenters. The van der Waals surface area contributed by atoms with Gasteiger partial charge in [0.1, 0.15) is 0 Å². The number of amides is 2. The summed E-state index contributed by atoms with van der Waals surface area (Å²) in [5.74, 6) is 0. The number of hydrogen-bond donors (Lipinski definition) is 1. The van der Waals surface area contributed by atoms with Gasteiger partial charge in [0.05, 0.1) is 0 Å². The van der Waals surface area contributed by atoms with E-state index in [2.05, 4.69) is 26.2 Å². The number of rotatable bonds is 4. The summed E-state index contributed by atoms with van der Waals surface area (Å²) >= 11 is 9.47. The zero-order valence-corrected chi connectivity index (χ0v) is 13.9. The van der Waals surface area contributed by atoms with Crippen LogP contribution in [0.1, 0.15) is 11.1 Å². The predicted molar refractivity (Wildman–Crippen MR) is 87.1 cm³/mol. The van der Waals surface area contributed by atoms with Gasteiger partial charge in [0.15, 0.2) is 0 Å². The zero-order chi connectivity index (χ0) is 15.2. The van der Waals surface area contributed by atoms with Crippen molar-refractivity contribution in [2.45, 2.75) is 13.1 Å². The molecular weight excluding hydrogens is 354 g/mol. The number of halogens is 2. The smallest absolute Gasteiger partial charge is 0.317 e. The first-order chi connectivity index (χ1) is 10.1. The Hall–Kier alpha value is -1.59. The quantitative estimate of drug-likeness (QED) is 0.891. The van der Waals surface area contributed by atoms with Gasteiger partial charge in [0, 0.05) is 42.0 Å². The van der Waals surface area contributed by atoms with Crippen LogP contribution in [0.25, 0.3) is 0 Å². The Morgan fingerprint density at radius 2 is 2.05 bits per heavy atom. The van der Waals surface area contributed by atoms with Gasteiger partial charge in [0.25, 0.3) is 0 Å². The normalized spacial score (nSPS) is 10.2. The van der Waals surface area contributed by atoms with Crippen molar-refractivity contribution in [3.8, 4) is 0 Å². The molecule has 1 aromatic heterocycles. The first-order valence-corrected chi connectivity index (χ1v) is 7.55. The molecule has 1 heterocycles. The molecule has 2 aromatic rings. The summed E-state index contributed by atoms with van der Waals surface area (Å²) in [7, 11) is 1.75. The highest BCUT2D eigenvalue weighted by Crippen LogP contribution is 2.21. The SMILES string of the molecule is CN(Cc1ccncc1)C(=O)NCc1ccc(Br)cc1Cl. The third-order valence-electron chi connectivity index (χ3n) is 2.96. The monoisotopic (exact) mass is 367 g/mol. The molecule has 0 bridgehead atoms. The molecule has 0 saturated carbocycles. The van der Waals surface area contributed by atoms with Gasteiger partial charge in [-0.2, -0.15) is 0 Å². The Morgan fingerprint density at radius 3 is 2.71 bits per heavy atom. The van der Waals surface area contributed by atoms with Crippen molar-refractivity contribution in [2.75, 3.05) is 7.05 Å². The van der Waals surface area contributed by atoms with E-state index in [9.17, 15) is 4.79 Å². The fourth-order valence-electron chi connectivity index (χ4n) is 1.80. The average molecular weight is 369 g/mol. The lowest BCUT2D eigenvalue weighted by Gasteiger charge is -2.18. The highest BCUT2D eigenvalue weighted by molar-refractivity contribution is 9.10.